The lowest BCUT2D eigenvalue weighted by molar-refractivity contribution is -0.165. The molecule has 6 heteroatoms. The first-order valence-corrected chi connectivity index (χ1v) is 9.18. The van der Waals surface area contributed by atoms with Crippen LogP contribution in [0.25, 0.3) is 0 Å². The number of nitrogens with zero attached hydrogens (tertiary/aromatic N) is 1. The molecule has 1 aliphatic rings. The van der Waals surface area contributed by atoms with Crippen LogP contribution in [0.2, 0.25) is 0 Å². The number of halogens is 1. The van der Waals surface area contributed by atoms with Crippen molar-refractivity contribution in [3.63, 3.8) is 0 Å². The second kappa shape index (κ2) is 8.62. The van der Waals surface area contributed by atoms with Crippen molar-refractivity contribution in [2.75, 3.05) is 13.1 Å². The molecule has 1 aromatic rings. The molecule has 0 aliphatic carbocycles. The van der Waals surface area contributed by atoms with Gasteiger partial charge in [0.05, 0.1) is 6.10 Å². The summed E-state index contributed by atoms with van der Waals surface area (Å²) in [6.07, 6.45) is 1.34. The van der Waals surface area contributed by atoms with Crippen molar-refractivity contribution in [3.8, 4) is 0 Å². The largest absolute Gasteiger partial charge is 0.481 e. The molecule has 1 heterocycles. The summed E-state index contributed by atoms with van der Waals surface area (Å²) in [6, 6.07) is 5.59. The summed E-state index contributed by atoms with van der Waals surface area (Å²) in [4.78, 5) is 26.1. The molecular formula is C20H28FNO4. The third-order valence-corrected chi connectivity index (χ3v) is 5.17. The molecule has 0 saturated carbocycles. The van der Waals surface area contributed by atoms with Crippen molar-refractivity contribution in [3.05, 3.63) is 35.6 Å². The molecule has 144 valence electrons. The third-order valence-electron chi connectivity index (χ3n) is 5.17. The smallest absolute Gasteiger partial charge is 0.314 e. The Bertz CT molecular complexity index is 631. The summed E-state index contributed by atoms with van der Waals surface area (Å²) < 4.78 is 13.1. The summed E-state index contributed by atoms with van der Waals surface area (Å²) in [7, 11) is 0. The molecule has 1 aliphatic heterocycles. The van der Waals surface area contributed by atoms with Gasteiger partial charge in [-0.15, -0.1) is 0 Å². The zero-order valence-corrected chi connectivity index (χ0v) is 15.4. The molecule has 0 radical (unpaired) electrons. The molecule has 0 bridgehead atoms. The SMILES string of the molecule is CC(C)CCCC(=O)N1CC[C@H](O)[C@](Cc2ccc(F)cc2)(C(=O)O)C1. The van der Waals surface area contributed by atoms with E-state index in [9.17, 15) is 24.2 Å². The van der Waals surface area contributed by atoms with Crippen LogP contribution in [0, 0.1) is 17.2 Å². The van der Waals surface area contributed by atoms with E-state index in [1.54, 1.807) is 4.90 Å². The quantitative estimate of drug-likeness (QED) is 0.779. The van der Waals surface area contributed by atoms with Crippen LogP contribution in [-0.4, -0.2) is 46.2 Å². The Morgan fingerprint density at radius 2 is 1.96 bits per heavy atom. The predicted molar refractivity (Wildman–Crippen MR) is 96.1 cm³/mol. The van der Waals surface area contributed by atoms with E-state index in [-0.39, 0.29) is 25.3 Å². The van der Waals surface area contributed by atoms with Crippen LogP contribution in [0.15, 0.2) is 24.3 Å². The van der Waals surface area contributed by atoms with Crippen molar-refractivity contribution in [2.45, 2.75) is 52.1 Å². The van der Waals surface area contributed by atoms with Crippen molar-refractivity contribution in [2.24, 2.45) is 11.3 Å². The van der Waals surface area contributed by atoms with Gasteiger partial charge in [-0.3, -0.25) is 9.59 Å². The van der Waals surface area contributed by atoms with Gasteiger partial charge in [-0.2, -0.15) is 0 Å². The molecule has 0 aromatic heterocycles. The van der Waals surface area contributed by atoms with E-state index in [4.69, 9.17) is 0 Å². The van der Waals surface area contributed by atoms with Gasteiger partial charge in [0, 0.05) is 19.5 Å². The number of carbonyl (C=O) groups excluding carboxylic acids is 1. The number of carboxylic acids is 1. The maximum atomic E-state index is 13.1. The van der Waals surface area contributed by atoms with Crippen LogP contribution < -0.4 is 0 Å². The highest BCUT2D eigenvalue weighted by Crippen LogP contribution is 2.35. The molecule has 5 nitrogen and oxygen atoms in total. The maximum absolute atomic E-state index is 13.1. The molecular weight excluding hydrogens is 337 g/mol. The van der Waals surface area contributed by atoms with Gasteiger partial charge in [0.15, 0.2) is 0 Å². The van der Waals surface area contributed by atoms with E-state index in [1.807, 2.05) is 0 Å². The van der Waals surface area contributed by atoms with Crippen molar-refractivity contribution < 1.29 is 24.2 Å². The Hall–Kier alpha value is -1.95. The van der Waals surface area contributed by atoms with Crippen molar-refractivity contribution >= 4 is 11.9 Å². The number of aliphatic carboxylic acids is 1. The van der Waals surface area contributed by atoms with Gasteiger partial charge in [0.2, 0.25) is 5.91 Å². The standard InChI is InChI=1S/C20H28FNO4/c1-14(2)4-3-5-18(24)22-11-10-17(23)20(13-22,19(25)26)12-15-6-8-16(21)9-7-15/h6-9,14,17,23H,3-5,10-13H2,1-2H3,(H,25,26)/t17-,20+/m0/s1. The fourth-order valence-corrected chi connectivity index (χ4v) is 3.54. The Kier molecular flexibility index (Phi) is 6.75. The number of benzene rings is 1. The molecule has 0 spiro atoms. The summed E-state index contributed by atoms with van der Waals surface area (Å²) in [5.74, 6) is -1.08. The number of aliphatic hydroxyl groups is 1. The molecule has 2 N–H and O–H groups in total. The molecule has 1 saturated heterocycles. The zero-order valence-electron chi connectivity index (χ0n) is 15.4. The number of carboxylic acid groups (broad SMARTS) is 1. The van der Waals surface area contributed by atoms with Crippen LogP contribution in [-0.2, 0) is 16.0 Å². The zero-order chi connectivity index (χ0) is 19.3. The van der Waals surface area contributed by atoms with Gasteiger partial charge >= 0.3 is 5.97 Å². The van der Waals surface area contributed by atoms with Crippen molar-refractivity contribution in [1.29, 1.82) is 0 Å². The maximum Gasteiger partial charge on any atom is 0.314 e. The minimum atomic E-state index is -1.47. The van der Waals surface area contributed by atoms with E-state index >= 15 is 0 Å². The first kappa shape index (κ1) is 20.4. The number of hydrogen-bond acceptors (Lipinski definition) is 3. The van der Waals surface area contributed by atoms with E-state index in [2.05, 4.69) is 13.8 Å². The summed E-state index contributed by atoms with van der Waals surface area (Å²) in [5.41, 5.74) is -0.842. The van der Waals surface area contributed by atoms with Gasteiger partial charge < -0.3 is 15.1 Å². The lowest BCUT2D eigenvalue weighted by Crippen LogP contribution is -2.58. The lowest BCUT2D eigenvalue weighted by Gasteiger charge is -2.43. The average molecular weight is 365 g/mol. The molecule has 1 amide bonds. The highest BCUT2D eigenvalue weighted by atomic mass is 19.1. The monoisotopic (exact) mass is 365 g/mol. The highest BCUT2D eigenvalue weighted by Gasteiger charge is 2.50. The molecule has 1 fully saturated rings. The Labute approximate surface area is 153 Å². The Balaban J connectivity index is 2.14. The average Bonchev–Trinajstić information content (AvgIpc) is 2.58. The summed E-state index contributed by atoms with van der Waals surface area (Å²) in [6.45, 7) is 4.53. The normalized spacial score (nSPS) is 23.3. The minimum absolute atomic E-state index is 0.0264. The van der Waals surface area contributed by atoms with E-state index in [1.165, 1.54) is 24.3 Å². The number of rotatable bonds is 7. The number of likely N-dealkylation sites (tertiary alicyclic amines) is 1. The predicted octanol–water partition coefficient (Wildman–Crippen LogP) is 2.86. The van der Waals surface area contributed by atoms with Gasteiger partial charge in [0.1, 0.15) is 11.2 Å². The molecule has 26 heavy (non-hydrogen) atoms. The second-order valence-electron chi connectivity index (χ2n) is 7.67. The molecule has 0 unspecified atom stereocenters. The summed E-state index contributed by atoms with van der Waals surface area (Å²) >= 11 is 0. The fourth-order valence-electron chi connectivity index (χ4n) is 3.54. The second-order valence-corrected chi connectivity index (χ2v) is 7.67. The number of hydrogen-bond donors (Lipinski definition) is 2. The van der Waals surface area contributed by atoms with Crippen LogP contribution >= 0.6 is 0 Å². The van der Waals surface area contributed by atoms with Crippen molar-refractivity contribution in [1.82, 2.24) is 4.90 Å². The van der Waals surface area contributed by atoms with Crippen LogP contribution in [0.3, 0.4) is 0 Å². The Morgan fingerprint density at radius 3 is 2.54 bits per heavy atom. The van der Waals surface area contributed by atoms with Gasteiger partial charge in [-0.25, -0.2) is 4.39 Å². The van der Waals surface area contributed by atoms with Crippen LogP contribution in [0.4, 0.5) is 4.39 Å². The highest BCUT2D eigenvalue weighted by molar-refractivity contribution is 5.80. The molecule has 2 rings (SSSR count). The third kappa shape index (κ3) is 4.81. The van der Waals surface area contributed by atoms with Gasteiger partial charge in [-0.05, 0) is 42.9 Å². The molecule has 2 atom stereocenters. The Morgan fingerprint density at radius 1 is 1.31 bits per heavy atom. The van der Waals surface area contributed by atoms with Crippen LogP contribution in [0.5, 0.6) is 0 Å². The number of carbonyl (C=O) groups is 2. The topological polar surface area (TPSA) is 77.8 Å². The summed E-state index contributed by atoms with van der Waals surface area (Å²) in [5, 5.41) is 20.3. The van der Waals surface area contributed by atoms with E-state index in [0.717, 1.165) is 12.8 Å². The minimum Gasteiger partial charge on any atom is -0.481 e. The van der Waals surface area contributed by atoms with Gasteiger partial charge in [0.25, 0.3) is 0 Å². The van der Waals surface area contributed by atoms with E-state index in [0.29, 0.717) is 24.4 Å². The van der Waals surface area contributed by atoms with Crippen LogP contribution in [0.1, 0.15) is 45.1 Å². The number of amides is 1. The first-order valence-electron chi connectivity index (χ1n) is 9.18. The van der Waals surface area contributed by atoms with E-state index < -0.39 is 23.3 Å². The number of aliphatic hydroxyl groups excluding tert-OH is 1. The lowest BCUT2D eigenvalue weighted by atomic mass is 9.72. The molecule has 1 aromatic carbocycles. The number of piperidine rings is 1. The first-order chi connectivity index (χ1) is 12.2. The fraction of sp³-hybridized carbons (Fsp3) is 0.600. The van der Waals surface area contributed by atoms with Gasteiger partial charge in [-0.1, -0.05) is 32.4 Å².